The van der Waals surface area contributed by atoms with Crippen molar-refractivity contribution >= 4 is 17.7 Å². The summed E-state index contributed by atoms with van der Waals surface area (Å²) in [4.78, 5) is 13.2. The number of hydrogen-bond donors (Lipinski definition) is 0. The van der Waals surface area contributed by atoms with Crippen LogP contribution in [0.4, 0.5) is 0 Å². The molecular formula is C10H17NOS. The molecule has 2 aliphatic rings. The molecule has 2 atom stereocenters. The molecule has 0 N–H and O–H groups in total. The van der Waals surface area contributed by atoms with Crippen LogP contribution in [0.3, 0.4) is 0 Å². The van der Waals surface area contributed by atoms with Gasteiger partial charge < -0.3 is 4.90 Å². The van der Waals surface area contributed by atoms with Crippen molar-refractivity contribution in [3.8, 4) is 0 Å². The molecule has 2 unspecified atom stereocenters. The number of unbranched alkanes of at least 4 members (excludes halogenated alkanes) is 1. The minimum Gasteiger partial charge on any atom is -0.338 e. The summed E-state index contributed by atoms with van der Waals surface area (Å²) in [5, 5.41) is 0.739. The van der Waals surface area contributed by atoms with E-state index in [-0.39, 0.29) is 0 Å². The van der Waals surface area contributed by atoms with Crippen LogP contribution >= 0.6 is 11.8 Å². The van der Waals surface area contributed by atoms with Gasteiger partial charge in [0.1, 0.15) is 0 Å². The lowest BCUT2D eigenvalue weighted by Crippen LogP contribution is -2.48. The molecule has 2 rings (SSSR count). The van der Waals surface area contributed by atoms with E-state index in [9.17, 15) is 4.79 Å². The molecule has 0 saturated carbocycles. The van der Waals surface area contributed by atoms with Crippen LogP contribution in [0.2, 0.25) is 0 Å². The minimum atomic E-state index is 0.378. The van der Waals surface area contributed by atoms with Crippen molar-refractivity contribution in [2.24, 2.45) is 0 Å². The van der Waals surface area contributed by atoms with Crippen LogP contribution in [0.15, 0.2) is 0 Å². The first-order valence-corrected chi connectivity index (χ1v) is 6.27. The SMILES string of the molecule is CCCCSC1CC2CC(=O)N2C1. The third kappa shape index (κ3) is 1.85. The first-order valence-electron chi connectivity index (χ1n) is 5.22. The average molecular weight is 199 g/mol. The maximum Gasteiger partial charge on any atom is 0.224 e. The predicted octanol–water partition coefficient (Wildman–Crippen LogP) is 1.89. The molecule has 0 aromatic carbocycles. The Morgan fingerprint density at radius 3 is 3.08 bits per heavy atom. The molecule has 74 valence electrons. The van der Waals surface area contributed by atoms with Gasteiger partial charge in [-0.3, -0.25) is 4.79 Å². The van der Waals surface area contributed by atoms with Gasteiger partial charge in [0, 0.05) is 24.3 Å². The van der Waals surface area contributed by atoms with Crippen LogP contribution in [-0.2, 0) is 4.79 Å². The summed E-state index contributed by atoms with van der Waals surface area (Å²) in [6.07, 6.45) is 4.68. The highest BCUT2D eigenvalue weighted by Gasteiger charge is 2.43. The van der Waals surface area contributed by atoms with E-state index in [0.29, 0.717) is 11.9 Å². The largest absolute Gasteiger partial charge is 0.338 e. The van der Waals surface area contributed by atoms with Crippen LogP contribution in [0.5, 0.6) is 0 Å². The van der Waals surface area contributed by atoms with E-state index in [2.05, 4.69) is 23.6 Å². The highest BCUT2D eigenvalue weighted by molar-refractivity contribution is 7.99. The molecule has 2 saturated heterocycles. The van der Waals surface area contributed by atoms with Crippen LogP contribution in [0.25, 0.3) is 0 Å². The van der Waals surface area contributed by atoms with Crippen LogP contribution in [-0.4, -0.2) is 34.4 Å². The first-order chi connectivity index (χ1) is 6.31. The van der Waals surface area contributed by atoms with Gasteiger partial charge in [0.15, 0.2) is 0 Å². The van der Waals surface area contributed by atoms with Crippen molar-refractivity contribution in [3.63, 3.8) is 0 Å². The second kappa shape index (κ2) is 3.91. The Hall–Kier alpha value is -0.180. The average Bonchev–Trinajstić information content (AvgIpc) is 2.43. The third-order valence-corrected chi connectivity index (χ3v) is 4.30. The number of hydrogen-bond acceptors (Lipinski definition) is 2. The monoisotopic (exact) mass is 199 g/mol. The van der Waals surface area contributed by atoms with Gasteiger partial charge in [0.25, 0.3) is 0 Å². The maximum atomic E-state index is 11.1. The summed E-state index contributed by atoms with van der Waals surface area (Å²) in [6.45, 7) is 3.25. The van der Waals surface area contributed by atoms with Gasteiger partial charge in [-0.2, -0.15) is 11.8 Å². The number of carbonyl (C=O) groups is 1. The molecule has 2 aliphatic heterocycles. The van der Waals surface area contributed by atoms with Gasteiger partial charge in [-0.15, -0.1) is 0 Å². The number of thioether (sulfide) groups is 1. The number of rotatable bonds is 4. The summed E-state index contributed by atoms with van der Waals surface area (Å²) in [7, 11) is 0. The van der Waals surface area contributed by atoms with Gasteiger partial charge in [0.2, 0.25) is 5.91 Å². The number of amides is 1. The summed E-state index contributed by atoms with van der Waals surface area (Å²) < 4.78 is 0. The normalized spacial score (nSPS) is 31.8. The Bertz CT molecular complexity index is 207. The number of nitrogens with zero attached hydrogens (tertiary/aromatic N) is 1. The summed E-state index contributed by atoms with van der Waals surface area (Å²) >= 11 is 2.06. The zero-order valence-electron chi connectivity index (χ0n) is 8.16. The molecule has 1 amide bonds. The third-order valence-electron chi connectivity index (χ3n) is 2.96. The predicted molar refractivity (Wildman–Crippen MR) is 55.9 cm³/mol. The Balaban J connectivity index is 1.69. The van der Waals surface area contributed by atoms with Crippen molar-refractivity contribution in [1.82, 2.24) is 4.90 Å². The van der Waals surface area contributed by atoms with Crippen LogP contribution < -0.4 is 0 Å². The van der Waals surface area contributed by atoms with Crippen molar-refractivity contribution in [2.45, 2.75) is 43.9 Å². The van der Waals surface area contributed by atoms with Crippen molar-refractivity contribution in [3.05, 3.63) is 0 Å². The molecule has 0 aliphatic carbocycles. The standard InChI is InChI=1S/C10H17NOS/c1-2-3-4-13-9-5-8-6-10(12)11(8)7-9/h8-9H,2-7H2,1H3. The van der Waals surface area contributed by atoms with Gasteiger partial charge in [0.05, 0.1) is 0 Å². The summed E-state index contributed by atoms with van der Waals surface area (Å²) in [5.74, 6) is 1.65. The second-order valence-corrected chi connectivity index (χ2v) is 5.39. The lowest BCUT2D eigenvalue weighted by atomic mass is 10.0. The Morgan fingerprint density at radius 2 is 2.46 bits per heavy atom. The van der Waals surface area contributed by atoms with Gasteiger partial charge in [-0.05, 0) is 18.6 Å². The zero-order chi connectivity index (χ0) is 9.26. The van der Waals surface area contributed by atoms with E-state index < -0.39 is 0 Å². The molecule has 2 heterocycles. The van der Waals surface area contributed by atoms with E-state index in [1.807, 2.05) is 0 Å². The molecule has 2 nitrogen and oxygen atoms in total. The summed E-state index contributed by atoms with van der Waals surface area (Å²) in [5.41, 5.74) is 0. The highest BCUT2D eigenvalue weighted by Crippen LogP contribution is 2.35. The maximum absolute atomic E-state index is 11.1. The fourth-order valence-corrected chi connectivity index (χ4v) is 3.51. The van der Waals surface area contributed by atoms with E-state index in [1.54, 1.807) is 0 Å². The molecule has 0 bridgehead atoms. The van der Waals surface area contributed by atoms with E-state index in [0.717, 1.165) is 18.2 Å². The van der Waals surface area contributed by atoms with E-state index in [1.165, 1.54) is 25.0 Å². The summed E-state index contributed by atoms with van der Waals surface area (Å²) in [6, 6.07) is 0.617. The Labute approximate surface area is 84.1 Å². The molecule has 0 radical (unpaired) electrons. The van der Waals surface area contributed by atoms with Crippen molar-refractivity contribution < 1.29 is 4.79 Å². The molecular weight excluding hydrogens is 182 g/mol. The minimum absolute atomic E-state index is 0.378. The zero-order valence-corrected chi connectivity index (χ0v) is 8.98. The highest BCUT2D eigenvalue weighted by atomic mass is 32.2. The van der Waals surface area contributed by atoms with Crippen molar-refractivity contribution in [1.29, 1.82) is 0 Å². The Kier molecular flexibility index (Phi) is 2.82. The van der Waals surface area contributed by atoms with Gasteiger partial charge in [-0.1, -0.05) is 13.3 Å². The number of fused-ring (bicyclic) bond motifs is 1. The fourth-order valence-electron chi connectivity index (χ4n) is 2.09. The molecule has 0 aromatic rings. The van der Waals surface area contributed by atoms with Gasteiger partial charge >= 0.3 is 0 Å². The molecule has 13 heavy (non-hydrogen) atoms. The lowest BCUT2D eigenvalue weighted by molar-refractivity contribution is -0.142. The smallest absolute Gasteiger partial charge is 0.224 e. The van der Waals surface area contributed by atoms with Crippen LogP contribution in [0.1, 0.15) is 32.6 Å². The number of β-lactam (4-membered cyclic amide) rings is 1. The second-order valence-electron chi connectivity index (χ2n) is 3.99. The first kappa shape index (κ1) is 9.38. The fraction of sp³-hybridized carbons (Fsp3) is 0.900. The van der Waals surface area contributed by atoms with E-state index >= 15 is 0 Å². The lowest BCUT2D eigenvalue weighted by Gasteiger charge is -2.33. The molecule has 0 aromatic heterocycles. The quantitative estimate of drug-likeness (QED) is 0.509. The molecule has 3 heteroatoms. The van der Waals surface area contributed by atoms with E-state index in [4.69, 9.17) is 0 Å². The molecule has 2 fully saturated rings. The van der Waals surface area contributed by atoms with Crippen molar-refractivity contribution in [2.75, 3.05) is 12.3 Å². The number of carbonyl (C=O) groups excluding carboxylic acids is 1. The topological polar surface area (TPSA) is 20.3 Å². The Morgan fingerprint density at radius 1 is 1.62 bits per heavy atom. The molecule has 0 spiro atoms. The van der Waals surface area contributed by atoms with Crippen LogP contribution in [0, 0.1) is 0 Å². The van der Waals surface area contributed by atoms with Gasteiger partial charge in [-0.25, -0.2) is 0 Å².